The first-order valence-electron chi connectivity index (χ1n) is 3.97. The lowest BCUT2D eigenvalue weighted by Gasteiger charge is -2.09. The highest BCUT2D eigenvalue weighted by Crippen LogP contribution is 2.13. The third-order valence-electron chi connectivity index (χ3n) is 1.48. The highest BCUT2D eigenvalue weighted by Gasteiger charge is 2.34. The molecule has 7 heteroatoms. The Balaban J connectivity index is 2.45. The fourth-order valence-electron chi connectivity index (χ4n) is 0.735. The SMILES string of the molecule is CC(F)(F)C(=O)OCC(=O)n1ccnc1. The molecule has 1 heterocycles. The molecule has 15 heavy (non-hydrogen) atoms. The van der Waals surface area contributed by atoms with Crippen molar-refractivity contribution in [2.24, 2.45) is 0 Å². The third-order valence-corrected chi connectivity index (χ3v) is 1.48. The van der Waals surface area contributed by atoms with Crippen LogP contribution in [-0.4, -0.2) is 34.0 Å². The average Bonchev–Trinajstić information content (AvgIpc) is 2.64. The molecular weight excluding hydrogens is 210 g/mol. The molecule has 0 amide bonds. The Labute approximate surface area is 83.7 Å². The molecule has 0 aromatic carbocycles. The van der Waals surface area contributed by atoms with E-state index in [4.69, 9.17) is 0 Å². The highest BCUT2D eigenvalue weighted by atomic mass is 19.3. The number of rotatable bonds is 3. The second-order valence-corrected chi connectivity index (χ2v) is 2.83. The maximum atomic E-state index is 12.3. The molecule has 0 saturated carbocycles. The summed E-state index contributed by atoms with van der Waals surface area (Å²) in [6.07, 6.45) is 3.84. The maximum absolute atomic E-state index is 12.3. The number of alkyl halides is 2. The smallest absolute Gasteiger partial charge is 0.377 e. The van der Waals surface area contributed by atoms with E-state index in [2.05, 4.69) is 9.72 Å². The van der Waals surface area contributed by atoms with Crippen molar-refractivity contribution in [1.82, 2.24) is 9.55 Å². The van der Waals surface area contributed by atoms with Gasteiger partial charge in [-0.25, -0.2) is 9.78 Å². The summed E-state index contributed by atoms with van der Waals surface area (Å²) in [5, 5.41) is 0. The van der Waals surface area contributed by atoms with Crippen LogP contribution in [0.3, 0.4) is 0 Å². The lowest BCUT2D eigenvalue weighted by atomic mass is 10.4. The van der Waals surface area contributed by atoms with E-state index in [1.807, 2.05) is 0 Å². The second kappa shape index (κ2) is 4.16. The zero-order valence-electron chi connectivity index (χ0n) is 7.81. The van der Waals surface area contributed by atoms with Crippen LogP contribution < -0.4 is 0 Å². The Morgan fingerprint density at radius 1 is 1.53 bits per heavy atom. The molecule has 0 aliphatic carbocycles. The normalized spacial score (nSPS) is 11.1. The largest absolute Gasteiger partial charge is 0.451 e. The third kappa shape index (κ3) is 3.12. The summed E-state index contributed by atoms with van der Waals surface area (Å²) >= 11 is 0. The Morgan fingerprint density at radius 2 is 2.20 bits per heavy atom. The van der Waals surface area contributed by atoms with Crippen molar-refractivity contribution < 1.29 is 23.1 Å². The van der Waals surface area contributed by atoms with Gasteiger partial charge in [-0.3, -0.25) is 9.36 Å². The standard InChI is InChI=1S/C8H8F2N2O3/c1-8(9,10)7(14)15-4-6(13)12-3-2-11-5-12/h2-3,5H,4H2,1H3. The molecule has 0 aliphatic rings. The Morgan fingerprint density at radius 3 is 2.67 bits per heavy atom. The van der Waals surface area contributed by atoms with Crippen molar-refractivity contribution in [3.63, 3.8) is 0 Å². The van der Waals surface area contributed by atoms with E-state index >= 15 is 0 Å². The number of hydrogen-bond donors (Lipinski definition) is 0. The molecule has 1 aromatic heterocycles. The van der Waals surface area contributed by atoms with Crippen LogP contribution in [0.25, 0.3) is 0 Å². The van der Waals surface area contributed by atoms with Gasteiger partial charge in [0.15, 0.2) is 6.61 Å². The number of halogens is 2. The lowest BCUT2D eigenvalue weighted by Crippen LogP contribution is -2.30. The minimum atomic E-state index is -3.59. The number of imidazole rings is 1. The van der Waals surface area contributed by atoms with Crippen molar-refractivity contribution >= 4 is 11.9 Å². The molecule has 0 saturated heterocycles. The Hall–Kier alpha value is -1.79. The number of aromatic nitrogens is 2. The van der Waals surface area contributed by atoms with Gasteiger partial charge >= 0.3 is 11.9 Å². The molecule has 0 aliphatic heterocycles. The van der Waals surface area contributed by atoms with Gasteiger partial charge in [0.05, 0.1) is 0 Å². The summed E-state index contributed by atoms with van der Waals surface area (Å²) < 4.78 is 29.7. The minimum absolute atomic E-state index is 0.400. The van der Waals surface area contributed by atoms with Gasteiger partial charge in [0, 0.05) is 19.3 Å². The van der Waals surface area contributed by atoms with E-state index < -0.39 is 24.4 Å². The summed E-state index contributed by atoms with van der Waals surface area (Å²) in [6.45, 7) is -0.338. The number of carbonyl (C=O) groups excluding carboxylic acids is 2. The van der Waals surface area contributed by atoms with Crippen molar-refractivity contribution in [2.45, 2.75) is 12.8 Å². The monoisotopic (exact) mass is 218 g/mol. The van der Waals surface area contributed by atoms with E-state index in [1.165, 1.54) is 18.7 Å². The Bertz CT molecular complexity index is 356. The molecule has 0 N–H and O–H groups in total. The molecule has 0 spiro atoms. The van der Waals surface area contributed by atoms with Crippen LogP contribution >= 0.6 is 0 Å². The number of ether oxygens (including phenoxy) is 1. The molecule has 82 valence electrons. The van der Waals surface area contributed by atoms with Gasteiger partial charge in [-0.1, -0.05) is 0 Å². The number of nitrogens with zero attached hydrogens (tertiary/aromatic N) is 2. The van der Waals surface area contributed by atoms with Crippen molar-refractivity contribution in [3.8, 4) is 0 Å². The van der Waals surface area contributed by atoms with Crippen LogP contribution in [-0.2, 0) is 9.53 Å². The van der Waals surface area contributed by atoms with Gasteiger partial charge in [0.25, 0.3) is 5.91 Å². The predicted octanol–water partition coefficient (Wildman–Crippen LogP) is 0.722. The summed E-state index contributed by atoms with van der Waals surface area (Å²) in [5.74, 6) is -5.96. The van der Waals surface area contributed by atoms with Gasteiger partial charge in [0.1, 0.15) is 6.33 Å². The van der Waals surface area contributed by atoms with Crippen molar-refractivity contribution in [1.29, 1.82) is 0 Å². The van der Waals surface area contributed by atoms with Gasteiger partial charge in [-0.2, -0.15) is 8.78 Å². The van der Waals surface area contributed by atoms with Gasteiger partial charge < -0.3 is 4.74 Å². The first kappa shape index (κ1) is 11.3. The number of esters is 1. The van der Waals surface area contributed by atoms with Gasteiger partial charge in [-0.15, -0.1) is 0 Å². The molecule has 0 bridgehead atoms. The van der Waals surface area contributed by atoms with Crippen molar-refractivity contribution in [3.05, 3.63) is 18.7 Å². The van der Waals surface area contributed by atoms with E-state index in [1.54, 1.807) is 0 Å². The molecule has 0 atom stereocenters. The molecular formula is C8H8F2N2O3. The maximum Gasteiger partial charge on any atom is 0.377 e. The summed E-state index contributed by atoms with van der Waals surface area (Å²) in [5.41, 5.74) is 0. The van der Waals surface area contributed by atoms with Gasteiger partial charge in [-0.05, 0) is 0 Å². The zero-order valence-corrected chi connectivity index (χ0v) is 7.81. The lowest BCUT2D eigenvalue weighted by molar-refractivity contribution is -0.168. The predicted molar refractivity (Wildman–Crippen MR) is 44.4 cm³/mol. The van der Waals surface area contributed by atoms with Crippen LogP contribution in [0.5, 0.6) is 0 Å². The fraction of sp³-hybridized carbons (Fsp3) is 0.375. The summed E-state index contributed by atoms with van der Waals surface area (Å²) in [7, 11) is 0. The van der Waals surface area contributed by atoms with Crippen LogP contribution in [0.1, 0.15) is 11.7 Å². The highest BCUT2D eigenvalue weighted by molar-refractivity contribution is 5.84. The molecule has 0 unspecified atom stereocenters. The molecule has 1 aromatic rings. The fourth-order valence-corrected chi connectivity index (χ4v) is 0.735. The van der Waals surface area contributed by atoms with E-state index in [0.29, 0.717) is 6.92 Å². The van der Waals surface area contributed by atoms with Crippen LogP contribution in [0.4, 0.5) is 8.78 Å². The molecule has 1 rings (SSSR count). The second-order valence-electron chi connectivity index (χ2n) is 2.83. The summed E-state index contributed by atoms with van der Waals surface area (Å²) in [6, 6.07) is 0. The van der Waals surface area contributed by atoms with Crippen LogP contribution in [0.15, 0.2) is 18.7 Å². The minimum Gasteiger partial charge on any atom is -0.451 e. The van der Waals surface area contributed by atoms with Crippen LogP contribution in [0, 0.1) is 0 Å². The first-order chi connectivity index (χ1) is 6.91. The van der Waals surface area contributed by atoms with Crippen LogP contribution in [0.2, 0.25) is 0 Å². The van der Waals surface area contributed by atoms with E-state index in [0.717, 1.165) is 4.57 Å². The Kier molecular flexibility index (Phi) is 3.13. The van der Waals surface area contributed by atoms with Gasteiger partial charge in [0.2, 0.25) is 0 Å². The van der Waals surface area contributed by atoms with E-state index in [-0.39, 0.29) is 0 Å². The number of carbonyl (C=O) groups is 2. The average molecular weight is 218 g/mol. The summed E-state index contributed by atoms with van der Waals surface area (Å²) in [4.78, 5) is 25.3. The zero-order chi connectivity index (χ0) is 11.5. The topological polar surface area (TPSA) is 61.2 Å². The van der Waals surface area contributed by atoms with Crippen molar-refractivity contribution in [2.75, 3.05) is 6.61 Å². The molecule has 5 nitrogen and oxygen atoms in total. The quantitative estimate of drug-likeness (QED) is 0.701. The molecule has 0 radical (unpaired) electrons. The molecule has 0 fully saturated rings. The van der Waals surface area contributed by atoms with E-state index in [9.17, 15) is 18.4 Å². The number of hydrogen-bond acceptors (Lipinski definition) is 4. The first-order valence-corrected chi connectivity index (χ1v) is 3.97.